The van der Waals surface area contributed by atoms with E-state index in [1.807, 2.05) is 47.8 Å². The Morgan fingerprint density at radius 1 is 1.29 bits per heavy atom. The summed E-state index contributed by atoms with van der Waals surface area (Å²) in [5.41, 5.74) is 0.0581. The van der Waals surface area contributed by atoms with E-state index in [2.05, 4.69) is 14.9 Å². The Morgan fingerprint density at radius 2 is 2.11 bits per heavy atom. The molecule has 0 saturated carbocycles. The van der Waals surface area contributed by atoms with Crippen LogP contribution in [0.5, 0.6) is 0 Å². The lowest BCUT2D eigenvalue weighted by molar-refractivity contribution is -0.00685. The standard InChI is InChI=1S/C19H22N6O3/c1-13-20-6-5-16(21-13)24-11-19(12-24)15-10-23(8-9-25(15)18(27)28-19)17(26)14-4-3-7-22(14)2/h3-7,15H,8-12H2,1-2H3. The lowest BCUT2D eigenvalue weighted by Gasteiger charge is -2.51. The number of piperazine rings is 1. The Kier molecular flexibility index (Phi) is 3.62. The van der Waals surface area contributed by atoms with E-state index in [-0.39, 0.29) is 18.0 Å². The third kappa shape index (κ3) is 2.45. The van der Waals surface area contributed by atoms with Crippen LogP contribution in [0.1, 0.15) is 16.3 Å². The number of hydrogen-bond donors (Lipinski definition) is 0. The second-order valence-corrected chi connectivity index (χ2v) is 7.72. The molecule has 5 heterocycles. The zero-order valence-electron chi connectivity index (χ0n) is 15.9. The Labute approximate surface area is 162 Å². The summed E-state index contributed by atoms with van der Waals surface area (Å²) in [6, 6.07) is 5.40. The SMILES string of the molecule is Cc1nccc(N2CC3(C2)OC(=O)N2CCN(C(=O)c4cccn4C)CC23)n1. The molecule has 0 aliphatic carbocycles. The van der Waals surface area contributed by atoms with Crippen LogP contribution < -0.4 is 4.90 Å². The lowest BCUT2D eigenvalue weighted by atomic mass is 9.84. The van der Waals surface area contributed by atoms with Crippen molar-refractivity contribution in [1.82, 2.24) is 24.3 Å². The van der Waals surface area contributed by atoms with Gasteiger partial charge in [-0.3, -0.25) is 9.69 Å². The van der Waals surface area contributed by atoms with Crippen LogP contribution in [0.3, 0.4) is 0 Å². The smallest absolute Gasteiger partial charge is 0.411 e. The predicted octanol–water partition coefficient (Wildman–Crippen LogP) is 0.659. The number of aromatic nitrogens is 3. The molecular formula is C19H22N6O3. The summed E-state index contributed by atoms with van der Waals surface area (Å²) < 4.78 is 7.64. The average Bonchev–Trinajstić information content (AvgIpc) is 3.21. The van der Waals surface area contributed by atoms with Gasteiger partial charge in [0.25, 0.3) is 5.91 Å². The molecule has 1 spiro atoms. The molecule has 0 radical (unpaired) electrons. The summed E-state index contributed by atoms with van der Waals surface area (Å²) in [6.45, 7) is 4.48. The van der Waals surface area contributed by atoms with Crippen LogP contribution in [0, 0.1) is 6.92 Å². The van der Waals surface area contributed by atoms with Crippen LogP contribution in [0.4, 0.5) is 10.6 Å². The van der Waals surface area contributed by atoms with Gasteiger partial charge in [-0.15, -0.1) is 0 Å². The first-order valence-corrected chi connectivity index (χ1v) is 9.42. The number of aryl methyl sites for hydroxylation is 2. The summed E-state index contributed by atoms with van der Waals surface area (Å²) in [5.74, 6) is 1.53. The summed E-state index contributed by atoms with van der Waals surface area (Å²) in [5, 5.41) is 0. The molecule has 9 heteroatoms. The highest BCUT2D eigenvalue weighted by molar-refractivity contribution is 5.93. The number of ether oxygens (including phenoxy) is 1. The van der Waals surface area contributed by atoms with E-state index in [0.29, 0.717) is 44.2 Å². The van der Waals surface area contributed by atoms with Gasteiger partial charge in [0.1, 0.15) is 17.3 Å². The first kappa shape index (κ1) is 17.0. The number of fused-ring (bicyclic) bond motifs is 2. The van der Waals surface area contributed by atoms with Gasteiger partial charge in [-0.1, -0.05) is 0 Å². The Morgan fingerprint density at radius 3 is 2.82 bits per heavy atom. The van der Waals surface area contributed by atoms with Gasteiger partial charge < -0.3 is 19.1 Å². The largest absolute Gasteiger partial charge is 0.437 e. The highest BCUT2D eigenvalue weighted by Gasteiger charge is 2.62. The van der Waals surface area contributed by atoms with Gasteiger partial charge in [-0.25, -0.2) is 14.8 Å². The Balaban J connectivity index is 1.35. The molecule has 9 nitrogen and oxygen atoms in total. The fraction of sp³-hybridized carbons (Fsp3) is 0.474. The van der Waals surface area contributed by atoms with Crippen LogP contribution in [-0.4, -0.2) is 80.7 Å². The molecule has 3 saturated heterocycles. The number of amides is 2. The van der Waals surface area contributed by atoms with Gasteiger partial charge >= 0.3 is 6.09 Å². The van der Waals surface area contributed by atoms with Gasteiger partial charge in [0.15, 0.2) is 5.60 Å². The van der Waals surface area contributed by atoms with Gasteiger partial charge in [-0.2, -0.15) is 0 Å². The van der Waals surface area contributed by atoms with Crippen molar-refractivity contribution in [2.45, 2.75) is 18.6 Å². The second-order valence-electron chi connectivity index (χ2n) is 7.72. The summed E-state index contributed by atoms with van der Waals surface area (Å²) in [7, 11) is 1.86. The monoisotopic (exact) mass is 382 g/mol. The maximum absolute atomic E-state index is 12.9. The van der Waals surface area contributed by atoms with Crippen molar-refractivity contribution in [3.05, 3.63) is 42.1 Å². The molecule has 1 atom stereocenters. The average molecular weight is 382 g/mol. The van der Waals surface area contributed by atoms with E-state index in [1.54, 1.807) is 11.1 Å². The van der Waals surface area contributed by atoms with Crippen LogP contribution in [-0.2, 0) is 11.8 Å². The first-order valence-electron chi connectivity index (χ1n) is 9.42. The fourth-order valence-corrected chi connectivity index (χ4v) is 4.44. The van der Waals surface area contributed by atoms with Crippen LogP contribution in [0.25, 0.3) is 0 Å². The summed E-state index contributed by atoms with van der Waals surface area (Å²) in [4.78, 5) is 39.6. The minimum absolute atomic E-state index is 0.00995. The van der Waals surface area contributed by atoms with Crippen molar-refractivity contribution in [2.75, 3.05) is 37.6 Å². The quantitative estimate of drug-likeness (QED) is 0.759. The molecule has 3 aliphatic rings. The van der Waals surface area contributed by atoms with Gasteiger partial charge in [0.2, 0.25) is 0 Å². The van der Waals surface area contributed by atoms with Gasteiger partial charge in [0.05, 0.1) is 19.1 Å². The molecule has 2 amide bonds. The third-order valence-electron chi connectivity index (χ3n) is 5.97. The minimum Gasteiger partial charge on any atom is -0.437 e. The molecule has 0 aromatic carbocycles. The number of carbonyl (C=O) groups excluding carboxylic acids is 2. The number of hydrogen-bond acceptors (Lipinski definition) is 6. The molecule has 1 unspecified atom stereocenters. The second kappa shape index (κ2) is 5.95. The van der Waals surface area contributed by atoms with E-state index in [9.17, 15) is 9.59 Å². The van der Waals surface area contributed by atoms with Crippen LogP contribution in [0.15, 0.2) is 30.6 Å². The molecule has 0 bridgehead atoms. The fourth-order valence-electron chi connectivity index (χ4n) is 4.44. The van der Waals surface area contributed by atoms with Crippen molar-refractivity contribution < 1.29 is 14.3 Å². The van der Waals surface area contributed by atoms with Crippen LogP contribution in [0.2, 0.25) is 0 Å². The highest BCUT2D eigenvalue weighted by atomic mass is 16.6. The number of carbonyl (C=O) groups is 2. The zero-order valence-corrected chi connectivity index (χ0v) is 15.9. The third-order valence-corrected chi connectivity index (χ3v) is 5.97. The zero-order chi connectivity index (χ0) is 19.5. The molecule has 3 fully saturated rings. The molecule has 2 aromatic rings. The van der Waals surface area contributed by atoms with E-state index < -0.39 is 5.60 Å². The molecule has 0 N–H and O–H groups in total. The topological polar surface area (TPSA) is 83.8 Å². The molecule has 28 heavy (non-hydrogen) atoms. The van der Waals surface area contributed by atoms with E-state index in [1.165, 1.54) is 0 Å². The van der Waals surface area contributed by atoms with Gasteiger partial charge in [-0.05, 0) is 25.1 Å². The Bertz CT molecular complexity index is 951. The van der Waals surface area contributed by atoms with E-state index in [0.717, 1.165) is 5.82 Å². The van der Waals surface area contributed by atoms with Gasteiger partial charge in [0, 0.05) is 39.1 Å². The lowest BCUT2D eigenvalue weighted by Crippen LogP contribution is -2.71. The molecule has 2 aromatic heterocycles. The van der Waals surface area contributed by atoms with Crippen molar-refractivity contribution in [3.63, 3.8) is 0 Å². The first-order chi connectivity index (χ1) is 13.5. The van der Waals surface area contributed by atoms with Crippen molar-refractivity contribution in [1.29, 1.82) is 0 Å². The number of anilines is 1. The Hall–Kier alpha value is -3.10. The molecular weight excluding hydrogens is 360 g/mol. The maximum atomic E-state index is 12.9. The van der Waals surface area contributed by atoms with Crippen molar-refractivity contribution in [3.8, 4) is 0 Å². The normalized spacial score (nSPS) is 22.9. The van der Waals surface area contributed by atoms with Crippen LogP contribution >= 0.6 is 0 Å². The van der Waals surface area contributed by atoms with Crippen molar-refractivity contribution in [2.24, 2.45) is 7.05 Å². The molecule has 146 valence electrons. The van der Waals surface area contributed by atoms with E-state index in [4.69, 9.17) is 4.74 Å². The molecule has 3 aliphatic heterocycles. The highest BCUT2D eigenvalue weighted by Crippen LogP contribution is 2.41. The van der Waals surface area contributed by atoms with E-state index >= 15 is 0 Å². The van der Waals surface area contributed by atoms with Crippen molar-refractivity contribution >= 4 is 17.8 Å². The minimum atomic E-state index is -0.594. The molecule has 5 rings (SSSR count). The maximum Gasteiger partial charge on any atom is 0.411 e. The summed E-state index contributed by atoms with van der Waals surface area (Å²) in [6.07, 6.45) is 3.31. The predicted molar refractivity (Wildman–Crippen MR) is 100 cm³/mol. The summed E-state index contributed by atoms with van der Waals surface area (Å²) >= 11 is 0. The number of rotatable bonds is 2. The number of nitrogens with zero attached hydrogens (tertiary/aromatic N) is 6.